The van der Waals surface area contributed by atoms with Gasteiger partial charge >= 0.3 is 0 Å². The Kier molecular flexibility index (Phi) is 4.54. The van der Waals surface area contributed by atoms with E-state index in [1.807, 2.05) is 0 Å². The molecule has 98 valence electrons. The van der Waals surface area contributed by atoms with Crippen molar-refractivity contribution < 1.29 is 9.53 Å². The van der Waals surface area contributed by atoms with Crippen LogP contribution in [0.15, 0.2) is 36.7 Å². The van der Waals surface area contributed by atoms with Crippen LogP contribution in [0.4, 0.5) is 5.82 Å². The van der Waals surface area contributed by atoms with Crippen LogP contribution in [0.3, 0.4) is 0 Å². The lowest BCUT2D eigenvalue weighted by Gasteiger charge is -2.06. The molecule has 1 aromatic heterocycles. The minimum absolute atomic E-state index is 0.148. The largest absolute Gasteiger partial charge is 0.484 e. The highest BCUT2D eigenvalue weighted by Crippen LogP contribution is 2.17. The van der Waals surface area contributed by atoms with E-state index in [1.54, 1.807) is 24.3 Å². The molecule has 0 radical (unpaired) electrons. The molecule has 0 spiro atoms. The average Bonchev–Trinajstić information content (AvgIpc) is 2.39. The van der Waals surface area contributed by atoms with Gasteiger partial charge in [0.05, 0.1) is 12.4 Å². The van der Waals surface area contributed by atoms with Crippen molar-refractivity contribution >= 4 is 34.9 Å². The predicted molar refractivity (Wildman–Crippen MR) is 72.6 cm³/mol. The first kappa shape index (κ1) is 13.6. The molecule has 0 aliphatic heterocycles. The number of carbonyl (C=O) groups excluding carboxylic acids is 1. The molecule has 1 amide bonds. The molecule has 7 heteroatoms. The number of anilines is 1. The Morgan fingerprint density at radius 3 is 2.79 bits per heavy atom. The Balaban J connectivity index is 1.86. The number of benzene rings is 1. The summed E-state index contributed by atoms with van der Waals surface area (Å²) in [6.45, 7) is -0.148. The van der Waals surface area contributed by atoms with Crippen molar-refractivity contribution in [2.24, 2.45) is 0 Å². The molecule has 1 N–H and O–H groups in total. The molecule has 0 aliphatic rings. The van der Waals surface area contributed by atoms with E-state index in [0.717, 1.165) is 0 Å². The van der Waals surface area contributed by atoms with E-state index in [9.17, 15) is 4.79 Å². The van der Waals surface area contributed by atoms with E-state index in [-0.39, 0.29) is 17.7 Å². The molecule has 2 rings (SSSR count). The van der Waals surface area contributed by atoms with Crippen molar-refractivity contribution in [2.45, 2.75) is 0 Å². The van der Waals surface area contributed by atoms with Crippen molar-refractivity contribution in [3.63, 3.8) is 0 Å². The lowest BCUT2D eigenvalue weighted by Crippen LogP contribution is -2.20. The fourth-order valence-electron chi connectivity index (χ4n) is 1.26. The Hall–Kier alpha value is -1.85. The van der Waals surface area contributed by atoms with Crippen LogP contribution >= 0.6 is 23.2 Å². The van der Waals surface area contributed by atoms with E-state index >= 15 is 0 Å². The molecule has 0 atom stereocenters. The van der Waals surface area contributed by atoms with Gasteiger partial charge in [0.15, 0.2) is 12.4 Å². The van der Waals surface area contributed by atoms with Crippen molar-refractivity contribution in [1.82, 2.24) is 9.97 Å². The molecule has 0 saturated heterocycles. The maximum atomic E-state index is 11.6. The minimum Gasteiger partial charge on any atom is -0.484 e. The molecule has 5 nitrogen and oxygen atoms in total. The number of nitrogens with zero attached hydrogens (tertiary/aromatic N) is 2. The summed E-state index contributed by atoms with van der Waals surface area (Å²) in [6, 6.07) is 6.79. The van der Waals surface area contributed by atoms with Gasteiger partial charge in [-0.1, -0.05) is 29.3 Å². The van der Waals surface area contributed by atoms with Gasteiger partial charge in [0.2, 0.25) is 0 Å². The number of aromatic nitrogens is 2. The standard InChI is InChI=1S/C12H9Cl2N3O2/c13-8-2-1-3-9(4-8)19-7-12(18)17-11-6-15-10(14)5-16-11/h1-6H,7H2,(H,16,17,18). The first-order chi connectivity index (χ1) is 9.13. The maximum Gasteiger partial charge on any atom is 0.263 e. The topological polar surface area (TPSA) is 64.1 Å². The quantitative estimate of drug-likeness (QED) is 0.942. The number of amides is 1. The molecular weight excluding hydrogens is 289 g/mol. The summed E-state index contributed by atoms with van der Waals surface area (Å²) in [4.78, 5) is 19.3. The smallest absolute Gasteiger partial charge is 0.263 e. The minimum atomic E-state index is -0.350. The van der Waals surface area contributed by atoms with Gasteiger partial charge in [0.25, 0.3) is 5.91 Å². The lowest BCUT2D eigenvalue weighted by atomic mass is 10.3. The summed E-state index contributed by atoms with van der Waals surface area (Å²) >= 11 is 11.4. The molecule has 0 saturated carbocycles. The number of rotatable bonds is 4. The van der Waals surface area contributed by atoms with Crippen LogP contribution in [0.25, 0.3) is 0 Å². The van der Waals surface area contributed by atoms with Gasteiger partial charge < -0.3 is 10.1 Å². The first-order valence-corrected chi connectivity index (χ1v) is 6.05. The number of ether oxygens (including phenoxy) is 1. The number of halogens is 2. The van der Waals surface area contributed by atoms with Gasteiger partial charge in [-0.15, -0.1) is 0 Å². The van der Waals surface area contributed by atoms with Crippen LogP contribution in [-0.2, 0) is 4.79 Å². The van der Waals surface area contributed by atoms with E-state index in [4.69, 9.17) is 27.9 Å². The lowest BCUT2D eigenvalue weighted by molar-refractivity contribution is -0.118. The Morgan fingerprint density at radius 1 is 1.26 bits per heavy atom. The highest BCUT2D eigenvalue weighted by molar-refractivity contribution is 6.30. The third-order valence-corrected chi connectivity index (χ3v) is 2.48. The van der Waals surface area contributed by atoms with E-state index in [2.05, 4.69) is 15.3 Å². The zero-order chi connectivity index (χ0) is 13.7. The van der Waals surface area contributed by atoms with Gasteiger partial charge in [0.1, 0.15) is 10.9 Å². The fraction of sp³-hybridized carbons (Fsp3) is 0.0833. The molecule has 0 unspecified atom stereocenters. The van der Waals surface area contributed by atoms with Crippen LogP contribution in [0, 0.1) is 0 Å². The van der Waals surface area contributed by atoms with Crippen LogP contribution in [0.2, 0.25) is 10.2 Å². The van der Waals surface area contributed by atoms with Gasteiger partial charge in [-0.25, -0.2) is 9.97 Å². The number of carbonyl (C=O) groups is 1. The summed E-state index contributed by atoms with van der Waals surface area (Å²) in [5, 5.41) is 3.33. The molecule has 0 aliphatic carbocycles. The Bertz CT molecular complexity index is 575. The summed E-state index contributed by atoms with van der Waals surface area (Å²) in [5.41, 5.74) is 0. The number of hydrogen-bond donors (Lipinski definition) is 1. The molecule has 2 aromatic rings. The molecule has 19 heavy (non-hydrogen) atoms. The Morgan fingerprint density at radius 2 is 2.11 bits per heavy atom. The SMILES string of the molecule is O=C(COc1cccc(Cl)c1)Nc1cnc(Cl)cn1. The average molecular weight is 298 g/mol. The zero-order valence-electron chi connectivity index (χ0n) is 9.64. The number of nitrogens with one attached hydrogen (secondary N) is 1. The van der Waals surface area contributed by atoms with E-state index < -0.39 is 0 Å². The van der Waals surface area contributed by atoms with Crippen LogP contribution in [-0.4, -0.2) is 22.5 Å². The number of hydrogen-bond acceptors (Lipinski definition) is 4. The molecule has 1 aromatic carbocycles. The van der Waals surface area contributed by atoms with Crippen LogP contribution in [0.1, 0.15) is 0 Å². The highest BCUT2D eigenvalue weighted by atomic mass is 35.5. The van der Waals surface area contributed by atoms with Crippen molar-refractivity contribution in [3.8, 4) is 5.75 Å². The van der Waals surface area contributed by atoms with E-state index in [0.29, 0.717) is 16.6 Å². The second-order valence-electron chi connectivity index (χ2n) is 3.52. The summed E-state index contributed by atoms with van der Waals surface area (Å²) in [5.74, 6) is 0.477. The molecule has 0 fully saturated rings. The molecule has 1 heterocycles. The van der Waals surface area contributed by atoms with Crippen molar-refractivity contribution in [3.05, 3.63) is 46.8 Å². The summed E-state index contributed by atoms with van der Waals surface area (Å²) in [6.07, 6.45) is 2.70. The van der Waals surface area contributed by atoms with Gasteiger partial charge in [-0.3, -0.25) is 4.79 Å². The second kappa shape index (κ2) is 6.36. The molecular formula is C12H9Cl2N3O2. The maximum absolute atomic E-state index is 11.6. The van der Waals surface area contributed by atoms with Gasteiger partial charge in [0, 0.05) is 5.02 Å². The molecule has 0 bridgehead atoms. The second-order valence-corrected chi connectivity index (χ2v) is 4.34. The Labute approximate surface area is 119 Å². The fourth-order valence-corrected chi connectivity index (χ4v) is 1.54. The predicted octanol–water partition coefficient (Wildman–Crippen LogP) is 2.80. The van der Waals surface area contributed by atoms with Crippen molar-refractivity contribution in [2.75, 3.05) is 11.9 Å². The van der Waals surface area contributed by atoms with Gasteiger partial charge in [-0.2, -0.15) is 0 Å². The summed E-state index contributed by atoms with van der Waals surface area (Å²) in [7, 11) is 0. The first-order valence-electron chi connectivity index (χ1n) is 5.29. The van der Waals surface area contributed by atoms with Gasteiger partial charge in [-0.05, 0) is 18.2 Å². The zero-order valence-corrected chi connectivity index (χ0v) is 11.1. The normalized spacial score (nSPS) is 10.0. The van der Waals surface area contributed by atoms with Crippen molar-refractivity contribution in [1.29, 1.82) is 0 Å². The van der Waals surface area contributed by atoms with Crippen LogP contribution < -0.4 is 10.1 Å². The third kappa shape index (κ3) is 4.39. The van der Waals surface area contributed by atoms with E-state index in [1.165, 1.54) is 12.4 Å². The highest BCUT2D eigenvalue weighted by Gasteiger charge is 2.05. The summed E-state index contributed by atoms with van der Waals surface area (Å²) < 4.78 is 5.27. The van der Waals surface area contributed by atoms with Crippen LogP contribution in [0.5, 0.6) is 5.75 Å². The third-order valence-electron chi connectivity index (χ3n) is 2.05. The monoisotopic (exact) mass is 297 g/mol.